The van der Waals surface area contributed by atoms with E-state index < -0.39 is 5.60 Å². The summed E-state index contributed by atoms with van der Waals surface area (Å²) in [7, 11) is 3.38. The van der Waals surface area contributed by atoms with Crippen LogP contribution in [0.4, 0.5) is 0 Å². The summed E-state index contributed by atoms with van der Waals surface area (Å²) in [5.74, 6) is 2.43. The van der Waals surface area contributed by atoms with E-state index in [1.54, 1.807) is 14.2 Å². The van der Waals surface area contributed by atoms with Gasteiger partial charge < -0.3 is 14.6 Å². The van der Waals surface area contributed by atoms with Gasteiger partial charge in [0.2, 0.25) is 0 Å². The molecule has 138 valence electrons. The first kappa shape index (κ1) is 17.4. The summed E-state index contributed by atoms with van der Waals surface area (Å²) in [6.45, 7) is 2.61. The highest BCUT2D eigenvalue weighted by Crippen LogP contribution is 2.51. The Kier molecular flexibility index (Phi) is 4.63. The van der Waals surface area contributed by atoms with Crippen LogP contribution in [0.5, 0.6) is 11.5 Å². The monoisotopic (exact) mass is 353 g/mol. The highest BCUT2D eigenvalue weighted by Gasteiger charge is 2.52. The van der Waals surface area contributed by atoms with Crippen molar-refractivity contribution >= 4 is 0 Å². The molecule has 4 rings (SSSR count). The van der Waals surface area contributed by atoms with Crippen LogP contribution in [0.1, 0.15) is 29.9 Å². The Morgan fingerprint density at radius 1 is 1.08 bits per heavy atom. The molecule has 0 aromatic heterocycles. The number of β-amino-alcohol motifs (C(OH)–C–C–N with tert-alkyl or cyclic N) is 1. The molecule has 1 N–H and O–H groups in total. The summed E-state index contributed by atoms with van der Waals surface area (Å²) in [4.78, 5) is 2.40. The van der Waals surface area contributed by atoms with Gasteiger partial charge in [-0.25, -0.2) is 0 Å². The minimum atomic E-state index is -0.651. The standard InChI is InChI=1S/C22H27NO3/c1-25-19-8-6-16(7-9-19)13-23-14-18-10-11-22(24,15-23)21(18)17-4-3-5-20(12-17)26-2/h3-9,12,18,21,24H,10-11,13-15H2,1-2H3. The average Bonchev–Trinajstić information content (AvgIpc) is 2.88. The molecule has 0 amide bonds. The summed E-state index contributed by atoms with van der Waals surface area (Å²) in [6, 6.07) is 16.4. The zero-order valence-electron chi connectivity index (χ0n) is 15.5. The summed E-state index contributed by atoms with van der Waals surface area (Å²) >= 11 is 0. The number of methoxy groups -OCH3 is 2. The van der Waals surface area contributed by atoms with Gasteiger partial charge in [0.25, 0.3) is 0 Å². The molecule has 1 aliphatic heterocycles. The lowest BCUT2D eigenvalue weighted by Crippen LogP contribution is -2.51. The number of aliphatic hydroxyl groups is 1. The average molecular weight is 353 g/mol. The molecule has 3 unspecified atom stereocenters. The molecule has 1 saturated heterocycles. The van der Waals surface area contributed by atoms with Crippen molar-refractivity contribution in [3.63, 3.8) is 0 Å². The van der Waals surface area contributed by atoms with Gasteiger partial charge in [-0.15, -0.1) is 0 Å². The Labute approximate surface area is 155 Å². The smallest absolute Gasteiger partial charge is 0.119 e. The SMILES string of the molecule is COc1ccc(CN2CC3CCC(O)(C2)C3c2cccc(OC)c2)cc1. The lowest BCUT2D eigenvalue weighted by molar-refractivity contribution is -0.0398. The zero-order valence-corrected chi connectivity index (χ0v) is 15.5. The molecular weight excluding hydrogens is 326 g/mol. The molecule has 4 heteroatoms. The van der Waals surface area contributed by atoms with Crippen molar-refractivity contribution in [1.29, 1.82) is 0 Å². The minimum absolute atomic E-state index is 0.199. The van der Waals surface area contributed by atoms with E-state index in [4.69, 9.17) is 9.47 Å². The van der Waals surface area contributed by atoms with Crippen molar-refractivity contribution in [3.05, 3.63) is 59.7 Å². The lowest BCUT2D eigenvalue weighted by Gasteiger charge is -2.43. The van der Waals surface area contributed by atoms with Gasteiger partial charge in [-0.3, -0.25) is 4.90 Å². The third kappa shape index (κ3) is 3.19. The van der Waals surface area contributed by atoms with Gasteiger partial charge in [-0.2, -0.15) is 0 Å². The highest BCUT2D eigenvalue weighted by atomic mass is 16.5. The van der Waals surface area contributed by atoms with E-state index in [2.05, 4.69) is 29.2 Å². The van der Waals surface area contributed by atoms with Crippen molar-refractivity contribution in [1.82, 2.24) is 4.90 Å². The van der Waals surface area contributed by atoms with Gasteiger partial charge in [0.15, 0.2) is 0 Å². The van der Waals surface area contributed by atoms with E-state index in [1.165, 1.54) is 11.1 Å². The molecule has 1 aliphatic carbocycles. The maximum absolute atomic E-state index is 11.4. The first-order chi connectivity index (χ1) is 12.6. The number of hydrogen-bond acceptors (Lipinski definition) is 4. The number of benzene rings is 2. The number of likely N-dealkylation sites (tertiary alicyclic amines) is 1. The summed E-state index contributed by atoms with van der Waals surface area (Å²) in [5.41, 5.74) is 1.81. The predicted octanol–water partition coefficient (Wildman–Crippen LogP) is 3.44. The van der Waals surface area contributed by atoms with Crippen LogP contribution >= 0.6 is 0 Å². The molecule has 3 atom stereocenters. The number of hydrogen-bond donors (Lipinski definition) is 1. The van der Waals surface area contributed by atoms with E-state index in [0.717, 1.165) is 44.0 Å². The molecule has 1 saturated carbocycles. The number of piperidine rings is 1. The van der Waals surface area contributed by atoms with Gasteiger partial charge in [-0.1, -0.05) is 24.3 Å². The largest absolute Gasteiger partial charge is 0.497 e. The molecule has 2 fully saturated rings. The second kappa shape index (κ2) is 6.93. The Hall–Kier alpha value is -2.04. The fourth-order valence-corrected chi connectivity index (χ4v) is 4.88. The van der Waals surface area contributed by atoms with Crippen LogP contribution in [0, 0.1) is 5.92 Å². The van der Waals surface area contributed by atoms with Gasteiger partial charge >= 0.3 is 0 Å². The van der Waals surface area contributed by atoms with Crippen LogP contribution in [0.15, 0.2) is 48.5 Å². The van der Waals surface area contributed by atoms with E-state index in [-0.39, 0.29) is 5.92 Å². The van der Waals surface area contributed by atoms with E-state index in [9.17, 15) is 5.11 Å². The fraction of sp³-hybridized carbons (Fsp3) is 0.455. The van der Waals surface area contributed by atoms with Crippen LogP contribution in [-0.4, -0.2) is 42.9 Å². The normalized spacial score (nSPS) is 28.1. The first-order valence-corrected chi connectivity index (χ1v) is 9.33. The van der Waals surface area contributed by atoms with Crippen molar-refractivity contribution in [2.24, 2.45) is 5.92 Å². The molecule has 2 bridgehead atoms. The van der Waals surface area contributed by atoms with Crippen molar-refractivity contribution in [2.75, 3.05) is 27.3 Å². The van der Waals surface area contributed by atoms with E-state index >= 15 is 0 Å². The van der Waals surface area contributed by atoms with Gasteiger partial charge in [0.1, 0.15) is 11.5 Å². The van der Waals surface area contributed by atoms with Crippen LogP contribution in [-0.2, 0) is 6.54 Å². The number of fused-ring (bicyclic) bond motifs is 2. The van der Waals surface area contributed by atoms with E-state index in [1.807, 2.05) is 24.3 Å². The van der Waals surface area contributed by atoms with Crippen molar-refractivity contribution < 1.29 is 14.6 Å². The number of rotatable bonds is 5. The number of nitrogens with zero attached hydrogens (tertiary/aromatic N) is 1. The summed E-state index contributed by atoms with van der Waals surface area (Å²) in [5, 5.41) is 11.4. The maximum atomic E-state index is 11.4. The summed E-state index contributed by atoms with van der Waals surface area (Å²) < 4.78 is 10.6. The molecule has 26 heavy (non-hydrogen) atoms. The van der Waals surface area contributed by atoms with E-state index in [0.29, 0.717) is 5.92 Å². The molecule has 0 spiro atoms. The van der Waals surface area contributed by atoms with Crippen LogP contribution in [0.2, 0.25) is 0 Å². The Morgan fingerprint density at radius 2 is 1.85 bits per heavy atom. The highest BCUT2D eigenvalue weighted by molar-refractivity contribution is 5.35. The maximum Gasteiger partial charge on any atom is 0.119 e. The topological polar surface area (TPSA) is 41.9 Å². The molecule has 1 heterocycles. The quantitative estimate of drug-likeness (QED) is 0.894. The lowest BCUT2D eigenvalue weighted by atomic mass is 9.77. The second-order valence-corrected chi connectivity index (χ2v) is 7.67. The zero-order chi connectivity index (χ0) is 18.1. The Bertz CT molecular complexity index is 760. The third-order valence-electron chi connectivity index (χ3n) is 6.01. The first-order valence-electron chi connectivity index (χ1n) is 9.33. The molecular formula is C22H27NO3. The fourth-order valence-electron chi connectivity index (χ4n) is 4.88. The predicted molar refractivity (Wildman–Crippen MR) is 102 cm³/mol. The molecule has 0 radical (unpaired) electrons. The molecule has 2 aliphatic rings. The minimum Gasteiger partial charge on any atom is -0.497 e. The van der Waals surface area contributed by atoms with Crippen LogP contribution in [0.3, 0.4) is 0 Å². The van der Waals surface area contributed by atoms with Crippen molar-refractivity contribution in [3.8, 4) is 11.5 Å². The van der Waals surface area contributed by atoms with Gasteiger partial charge in [0, 0.05) is 25.6 Å². The number of ether oxygens (including phenoxy) is 2. The Morgan fingerprint density at radius 3 is 2.54 bits per heavy atom. The Balaban J connectivity index is 1.51. The van der Waals surface area contributed by atoms with Crippen molar-refractivity contribution in [2.45, 2.75) is 30.9 Å². The molecule has 2 aromatic rings. The van der Waals surface area contributed by atoms with Gasteiger partial charge in [-0.05, 0) is 54.2 Å². The molecule has 2 aromatic carbocycles. The third-order valence-corrected chi connectivity index (χ3v) is 6.01. The van der Waals surface area contributed by atoms with Gasteiger partial charge in [0.05, 0.1) is 19.8 Å². The van der Waals surface area contributed by atoms with Crippen LogP contribution < -0.4 is 9.47 Å². The molecule has 4 nitrogen and oxygen atoms in total. The van der Waals surface area contributed by atoms with Crippen LogP contribution in [0.25, 0.3) is 0 Å². The second-order valence-electron chi connectivity index (χ2n) is 7.67. The summed E-state index contributed by atoms with van der Waals surface area (Å²) in [6.07, 6.45) is 1.95.